The lowest BCUT2D eigenvalue weighted by atomic mass is 10.2. The van der Waals surface area contributed by atoms with E-state index in [2.05, 4.69) is 4.98 Å². The molecule has 6 nitrogen and oxygen atoms in total. The fraction of sp³-hybridized carbons (Fsp3) is 0.0714. The highest BCUT2D eigenvalue weighted by Crippen LogP contribution is 2.28. The van der Waals surface area contributed by atoms with Crippen LogP contribution in [-0.2, 0) is 0 Å². The maximum atomic E-state index is 11.1. The lowest BCUT2D eigenvalue weighted by Gasteiger charge is -2.09. The number of hydrogen-bond donors (Lipinski definition) is 1. The van der Waals surface area contributed by atoms with Gasteiger partial charge in [0.15, 0.2) is 0 Å². The van der Waals surface area contributed by atoms with E-state index >= 15 is 0 Å². The molecule has 0 aliphatic carbocycles. The molecule has 1 heterocycles. The molecule has 0 aliphatic rings. The molecule has 20 heavy (non-hydrogen) atoms. The van der Waals surface area contributed by atoms with Crippen LogP contribution in [0.3, 0.4) is 0 Å². The average molecular weight is 270 g/mol. The van der Waals surface area contributed by atoms with E-state index in [0.717, 1.165) is 0 Å². The van der Waals surface area contributed by atoms with Crippen molar-refractivity contribution >= 4 is 5.97 Å². The fourth-order valence-corrected chi connectivity index (χ4v) is 1.57. The summed E-state index contributed by atoms with van der Waals surface area (Å²) in [5.74, 6) is -0.235. The summed E-state index contributed by atoms with van der Waals surface area (Å²) < 4.78 is 10.6. The second-order valence-corrected chi connectivity index (χ2v) is 3.79. The molecule has 0 saturated carbocycles. The van der Waals surface area contributed by atoms with Gasteiger partial charge in [-0.1, -0.05) is 0 Å². The maximum absolute atomic E-state index is 11.1. The van der Waals surface area contributed by atoms with Crippen LogP contribution in [0.4, 0.5) is 0 Å². The van der Waals surface area contributed by atoms with E-state index in [-0.39, 0.29) is 11.3 Å². The standard InChI is InChI=1S/C14H10N2O4/c1-19-10-4-9(7-15)5-11(6-10)20-13-2-3-16-8-12(13)14(17)18/h2-6,8H,1H3,(H,17,18). The predicted octanol–water partition coefficient (Wildman–Crippen LogP) is 2.45. The lowest BCUT2D eigenvalue weighted by molar-refractivity contribution is 0.0693. The zero-order chi connectivity index (χ0) is 14.5. The number of benzene rings is 1. The molecular weight excluding hydrogens is 260 g/mol. The molecule has 0 aliphatic heterocycles. The van der Waals surface area contributed by atoms with Gasteiger partial charge in [-0.3, -0.25) is 4.98 Å². The fourth-order valence-electron chi connectivity index (χ4n) is 1.57. The summed E-state index contributed by atoms with van der Waals surface area (Å²) in [5.41, 5.74) is 0.291. The Morgan fingerprint density at radius 3 is 2.75 bits per heavy atom. The normalized spacial score (nSPS) is 9.60. The molecule has 6 heteroatoms. The van der Waals surface area contributed by atoms with E-state index < -0.39 is 5.97 Å². The van der Waals surface area contributed by atoms with E-state index in [4.69, 9.17) is 19.8 Å². The molecule has 2 aromatic rings. The summed E-state index contributed by atoms with van der Waals surface area (Å²) >= 11 is 0. The van der Waals surface area contributed by atoms with Crippen LogP contribution in [0, 0.1) is 11.3 Å². The number of aromatic nitrogens is 1. The Balaban J connectivity index is 2.40. The van der Waals surface area contributed by atoms with Gasteiger partial charge in [0.25, 0.3) is 0 Å². The van der Waals surface area contributed by atoms with Crippen LogP contribution in [0.25, 0.3) is 0 Å². The number of methoxy groups -OCH3 is 1. The minimum absolute atomic E-state index is 0.0613. The molecule has 0 bridgehead atoms. The van der Waals surface area contributed by atoms with Gasteiger partial charge < -0.3 is 14.6 Å². The number of nitrogens with zero attached hydrogens (tertiary/aromatic N) is 2. The molecule has 0 fully saturated rings. The number of carboxylic acids is 1. The van der Waals surface area contributed by atoms with Crippen molar-refractivity contribution < 1.29 is 19.4 Å². The molecule has 1 aromatic heterocycles. The molecule has 1 N–H and O–H groups in total. The molecule has 0 amide bonds. The van der Waals surface area contributed by atoms with Gasteiger partial charge in [0.2, 0.25) is 0 Å². The van der Waals surface area contributed by atoms with Gasteiger partial charge in [0, 0.05) is 24.5 Å². The van der Waals surface area contributed by atoms with Crippen LogP contribution in [0.15, 0.2) is 36.7 Å². The van der Waals surface area contributed by atoms with Crippen molar-refractivity contribution in [2.24, 2.45) is 0 Å². The molecule has 0 atom stereocenters. The van der Waals surface area contributed by atoms with Gasteiger partial charge in [0.05, 0.1) is 18.7 Å². The Morgan fingerprint density at radius 2 is 2.10 bits per heavy atom. The Morgan fingerprint density at radius 1 is 1.35 bits per heavy atom. The molecule has 1 aromatic carbocycles. The number of carbonyl (C=O) groups is 1. The highest BCUT2D eigenvalue weighted by molar-refractivity contribution is 5.90. The number of carboxylic acid groups (broad SMARTS) is 1. The highest BCUT2D eigenvalue weighted by atomic mass is 16.5. The van der Waals surface area contributed by atoms with Gasteiger partial charge in [-0.25, -0.2) is 4.79 Å². The Bertz CT molecular complexity index is 692. The summed E-state index contributed by atoms with van der Waals surface area (Å²) in [4.78, 5) is 14.8. The zero-order valence-corrected chi connectivity index (χ0v) is 10.5. The second kappa shape index (κ2) is 5.71. The van der Waals surface area contributed by atoms with Crippen LogP contribution in [-0.4, -0.2) is 23.2 Å². The minimum atomic E-state index is -1.14. The van der Waals surface area contributed by atoms with Gasteiger partial charge in [0.1, 0.15) is 22.8 Å². The highest BCUT2D eigenvalue weighted by Gasteiger charge is 2.12. The molecule has 100 valence electrons. The monoisotopic (exact) mass is 270 g/mol. The first-order valence-corrected chi connectivity index (χ1v) is 5.58. The average Bonchev–Trinajstić information content (AvgIpc) is 2.47. The third-order valence-electron chi connectivity index (χ3n) is 2.48. The third-order valence-corrected chi connectivity index (χ3v) is 2.48. The van der Waals surface area contributed by atoms with Crippen LogP contribution in [0.1, 0.15) is 15.9 Å². The quantitative estimate of drug-likeness (QED) is 0.917. The summed E-state index contributed by atoms with van der Waals surface area (Å²) in [6.07, 6.45) is 2.62. The molecule has 0 saturated heterocycles. The van der Waals surface area contributed by atoms with Crippen molar-refractivity contribution in [3.8, 4) is 23.3 Å². The maximum Gasteiger partial charge on any atom is 0.341 e. The van der Waals surface area contributed by atoms with E-state index in [9.17, 15) is 4.79 Å². The number of aromatic carboxylic acids is 1. The van der Waals surface area contributed by atoms with Crippen molar-refractivity contribution in [1.29, 1.82) is 5.26 Å². The van der Waals surface area contributed by atoms with E-state index in [0.29, 0.717) is 17.1 Å². The Kier molecular flexibility index (Phi) is 3.82. The first-order valence-electron chi connectivity index (χ1n) is 5.58. The van der Waals surface area contributed by atoms with Crippen LogP contribution in [0.2, 0.25) is 0 Å². The van der Waals surface area contributed by atoms with Crippen molar-refractivity contribution in [2.75, 3.05) is 7.11 Å². The van der Waals surface area contributed by atoms with Crippen molar-refractivity contribution in [3.63, 3.8) is 0 Å². The van der Waals surface area contributed by atoms with Gasteiger partial charge in [-0.15, -0.1) is 0 Å². The third kappa shape index (κ3) is 2.84. The summed E-state index contributed by atoms with van der Waals surface area (Å²) in [6, 6.07) is 8.03. The van der Waals surface area contributed by atoms with E-state index in [1.54, 1.807) is 12.1 Å². The first kappa shape index (κ1) is 13.4. The topological polar surface area (TPSA) is 92.4 Å². The molecule has 2 rings (SSSR count). The largest absolute Gasteiger partial charge is 0.497 e. The summed E-state index contributed by atoms with van der Waals surface area (Å²) in [6.45, 7) is 0. The van der Waals surface area contributed by atoms with Crippen molar-refractivity contribution in [3.05, 3.63) is 47.8 Å². The lowest BCUT2D eigenvalue weighted by Crippen LogP contribution is -2.00. The van der Waals surface area contributed by atoms with E-state index in [1.165, 1.54) is 31.6 Å². The number of pyridine rings is 1. The predicted molar refractivity (Wildman–Crippen MR) is 69.0 cm³/mol. The molecular formula is C14H10N2O4. The van der Waals surface area contributed by atoms with E-state index in [1.807, 2.05) is 6.07 Å². The number of rotatable bonds is 4. The summed E-state index contributed by atoms with van der Waals surface area (Å²) in [7, 11) is 1.47. The van der Waals surface area contributed by atoms with Crippen LogP contribution >= 0.6 is 0 Å². The number of nitriles is 1. The van der Waals surface area contributed by atoms with Crippen molar-refractivity contribution in [1.82, 2.24) is 4.98 Å². The molecule has 0 spiro atoms. The minimum Gasteiger partial charge on any atom is -0.497 e. The van der Waals surface area contributed by atoms with Gasteiger partial charge in [-0.2, -0.15) is 5.26 Å². The Hall–Kier alpha value is -3.07. The van der Waals surface area contributed by atoms with Crippen molar-refractivity contribution in [2.45, 2.75) is 0 Å². The van der Waals surface area contributed by atoms with Gasteiger partial charge in [-0.05, 0) is 12.1 Å². The van der Waals surface area contributed by atoms with Crippen LogP contribution in [0.5, 0.6) is 17.2 Å². The van der Waals surface area contributed by atoms with Crippen LogP contribution < -0.4 is 9.47 Å². The molecule has 0 unspecified atom stereocenters. The summed E-state index contributed by atoms with van der Waals surface area (Å²) in [5, 5.41) is 18.0. The van der Waals surface area contributed by atoms with Gasteiger partial charge >= 0.3 is 5.97 Å². The second-order valence-electron chi connectivity index (χ2n) is 3.79. The number of ether oxygens (including phenoxy) is 2. The molecule has 0 radical (unpaired) electrons. The first-order chi connectivity index (χ1) is 9.63. The SMILES string of the molecule is COc1cc(C#N)cc(Oc2ccncc2C(=O)O)c1. The zero-order valence-electron chi connectivity index (χ0n) is 10.5. The Labute approximate surface area is 114 Å². The smallest absolute Gasteiger partial charge is 0.341 e. The number of hydrogen-bond acceptors (Lipinski definition) is 5.